The third-order valence-electron chi connectivity index (χ3n) is 3.93. The van der Waals surface area contributed by atoms with Crippen molar-refractivity contribution >= 4 is 23.6 Å². The van der Waals surface area contributed by atoms with E-state index in [-0.39, 0.29) is 50.1 Å². The topological polar surface area (TPSA) is 102 Å². The fourth-order valence-electron chi connectivity index (χ4n) is 2.13. The maximum Gasteiger partial charge on any atom is 0.471 e. The zero-order chi connectivity index (χ0) is 21.6. The average molecular weight is 410 g/mol. The van der Waals surface area contributed by atoms with Crippen LogP contribution in [0, 0.1) is 0 Å². The molecule has 28 heavy (non-hydrogen) atoms. The Morgan fingerprint density at radius 2 is 1.64 bits per heavy atom. The summed E-state index contributed by atoms with van der Waals surface area (Å²) in [6.07, 6.45) is -2.34. The summed E-state index contributed by atoms with van der Waals surface area (Å²) in [5.74, 6) is -2.72. The number of ketones is 1. The van der Waals surface area contributed by atoms with E-state index in [0.29, 0.717) is 32.1 Å². The molecule has 0 fully saturated rings. The van der Waals surface area contributed by atoms with Crippen molar-refractivity contribution in [2.75, 3.05) is 13.2 Å². The summed E-state index contributed by atoms with van der Waals surface area (Å²) in [6.45, 7) is 3.45. The molecular weight excluding hydrogens is 381 g/mol. The Balaban J connectivity index is 3.89. The fourth-order valence-corrected chi connectivity index (χ4v) is 2.13. The highest BCUT2D eigenvalue weighted by Gasteiger charge is 2.38. The predicted molar refractivity (Wildman–Crippen MR) is 95.2 cm³/mol. The van der Waals surface area contributed by atoms with Crippen LogP contribution in [0.1, 0.15) is 65.2 Å². The number of Topliss-reactive ketones (excluding diaryl/α,β-unsaturated/α-hetero) is 1. The molecule has 0 saturated heterocycles. The monoisotopic (exact) mass is 410 g/mol. The molecule has 162 valence electrons. The summed E-state index contributed by atoms with van der Waals surface area (Å²) in [4.78, 5) is 45.2. The molecule has 0 spiro atoms. The van der Waals surface area contributed by atoms with Crippen molar-refractivity contribution in [2.24, 2.45) is 0 Å². The van der Waals surface area contributed by atoms with Crippen LogP contribution in [-0.4, -0.2) is 48.9 Å². The number of hydrogen-bond acceptors (Lipinski definition) is 5. The van der Waals surface area contributed by atoms with Crippen LogP contribution in [0.15, 0.2) is 0 Å². The first kappa shape index (κ1) is 25.9. The number of alkyl halides is 3. The fraction of sp³-hybridized carbons (Fsp3) is 0.778. The first-order valence-corrected chi connectivity index (χ1v) is 9.41. The van der Waals surface area contributed by atoms with Gasteiger partial charge in [-0.05, 0) is 19.3 Å². The summed E-state index contributed by atoms with van der Waals surface area (Å²) in [7, 11) is 0. The normalized spacial score (nSPS) is 12.2. The van der Waals surface area contributed by atoms with Crippen molar-refractivity contribution in [2.45, 2.75) is 77.4 Å². The van der Waals surface area contributed by atoms with Crippen molar-refractivity contribution < 1.29 is 37.1 Å². The molecule has 0 rings (SSSR count). The largest absolute Gasteiger partial charge is 0.471 e. The van der Waals surface area contributed by atoms with Crippen LogP contribution in [0.5, 0.6) is 0 Å². The van der Waals surface area contributed by atoms with Gasteiger partial charge < -0.3 is 15.4 Å². The van der Waals surface area contributed by atoms with Gasteiger partial charge in [0.25, 0.3) is 0 Å². The minimum Gasteiger partial charge on any atom is -0.463 e. The molecule has 0 aliphatic heterocycles. The number of esters is 1. The van der Waals surface area contributed by atoms with Crippen LogP contribution in [0.2, 0.25) is 0 Å². The number of carbonyl (C=O) groups excluding carboxylic acids is 4. The minimum absolute atomic E-state index is 0.0158. The van der Waals surface area contributed by atoms with Crippen LogP contribution in [-0.2, 0) is 23.9 Å². The molecule has 0 aliphatic rings. The molecule has 0 aromatic rings. The van der Waals surface area contributed by atoms with E-state index in [4.69, 9.17) is 4.74 Å². The second-order valence-electron chi connectivity index (χ2n) is 6.31. The average Bonchev–Trinajstić information content (AvgIpc) is 2.64. The first-order valence-electron chi connectivity index (χ1n) is 9.41. The van der Waals surface area contributed by atoms with Crippen LogP contribution in [0.25, 0.3) is 0 Å². The molecular formula is C18H29F3N2O5. The number of halogens is 3. The number of carbonyl (C=O) groups is 4. The van der Waals surface area contributed by atoms with E-state index in [1.807, 2.05) is 6.92 Å². The minimum atomic E-state index is -4.88. The molecule has 0 heterocycles. The van der Waals surface area contributed by atoms with Gasteiger partial charge in [0.15, 0.2) is 0 Å². The number of ether oxygens (including phenoxy) is 1. The van der Waals surface area contributed by atoms with E-state index in [0.717, 1.165) is 0 Å². The Hall–Kier alpha value is -2.13. The lowest BCUT2D eigenvalue weighted by molar-refractivity contribution is -0.173. The Morgan fingerprint density at radius 1 is 0.964 bits per heavy atom. The molecule has 0 saturated carbocycles. The van der Waals surface area contributed by atoms with Gasteiger partial charge in [-0.2, -0.15) is 13.2 Å². The van der Waals surface area contributed by atoms with E-state index in [2.05, 4.69) is 5.32 Å². The molecule has 0 bridgehead atoms. The first-order chi connectivity index (χ1) is 13.1. The van der Waals surface area contributed by atoms with Crippen LogP contribution in [0.4, 0.5) is 13.2 Å². The summed E-state index contributed by atoms with van der Waals surface area (Å²) in [5.41, 5.74) is 0. The van der Waals surface area contributed by atoms with Gasteiger partial charge in [-0.15, -0.1) is 0 Å². The van der Waals surface area contributed by atoms with Crippen molar-refractivity contribution in [1.29, 1.82) is 0 Å². The van der Waals surface area contributed by atoms with Gasteiger partial charge >= 0.3 is 18.1 Å². The Kier molecular flexibility index (Phi) is 12.9. The third kappa shape index (κ3) is 13.1. The zero-order valence-electron chi connectivity index (χ0n) is 16.3. The summed E-state index contributed by atoms with van der Waals surface area (Å²) in [5, 5.41) is 4.49. The molecule has 0 aliphatic carbocycles. The number of rotatable bonds is 14. The van der Waals surface area contributed by atoms with E-state index in [9.17, 15) is 32.3 Å². The number of amides is 2. The van der Waals surface area contributed by atoms with E-state index < -0.39 is 18.1 Å². The second kappa shape index (κ2) is 14.0. The molecule has 0 aromatic carbocycles. The van der Waals surface area contributed by atoms with Gasteiger partial charge in [0.2, 0.25) is 5.91 Å². The number of nitrogens with one attached hydrogen (secondary N) is 2. The molecule has 0 aromatic heterocycles. The maximum absolute atomic E-state index is 12.0. The molecule has 10 heteroatoms. The van der Waals surface area contributed by atoms with E-state index in [1.165, 1.54) is 0 Å². The van der Waals surface area contributed by atoms with Gasteiger partial charge in [0.1, 0.15) is 12.4 Å². The zero-order valence-corrected chi connectivity index (χ0v) is 16.3. The van der Waals surface area contributed by atoms with E-state index >= 15 is 0 Å². The highest BCUT2D eigenvalue weighted by atomic mass is 19.4. The molecule has 7 nitrogen and oxygen atoms in total. The molecule has 0 radical (unpaired) electrons. The van der Waals surface area contributed by atoms with Gasteiger partial charge in [0.05, 0.1) is 12.5 Å². The van der Waals surface area contributed by atoms with Gasteiger partial charge in [-0.25, -0.2) is 0 Å². The van der Waals surface area contributed by atoms with Crippen LogP contribution < -0.4 is 10.6 Å². The predicted octanol–water partition coefficient (Wildman–Crippen LogP) is 2.42. The van der Waals surface area contributed by atoms with Crippen LogP contribution >= 0.6 is 0 Å². The SMILES string of the molecule is CCC(=O)CCC(=O)OCC(CC)NC(=O)CCCCCNC(=O)C(F)(F)F. The number of unbranched alkanes of at least 4 members (excludes halogenated alkanes) is 2. The highest BCUT2D eigenvalue weighted by Crippen LogP contribution is 2.14. The Labute approximate surface area is 162 Å². The molecule has 2 N–H and O–H groups in total. The quantitative estimate of drug-likeness (QED) is 0.338. The maximum atomic E-state index is 12.0. The summed E-state index contributed by atoms with van der Waals surface area (Å²) in [6, 6.07) is -0.343. The summed E-state index contributed by atoms with van der Waals surface area (Å²) < 4.78 is 41.0. The summed E-state index contributed by atoms with van der Waals surface area (Å²) >= 11 is 0. The molecule has 1 atom stereocenters. The van der Waals surface area contributed by atoms with Crippen molar-refractivity contribution in [3.05, 3.63) is 0 Å². The molecule has 2 amide bonds. The van der Waals surface area contributed by atoms with Crippen molar-refractivity contribution in [1.82, 2.24) is 10.6 Å². The molecule has 1 unspecified atom stereocenters. The Bertz CT molecular complexity index is 524. The van der Waals surface area contributed by atoms with Crippen LogP contribution in [0.3, 0.4) is 0 Å². The van der Waals surface area contributed by atoms with Gasteiger partial charge in [-0.3, -0.25) is 19.2 Å². The lowest BCUT2D eigenvalue weighted by Gasteiger charge is -2.17. The lowest BCUT2D eigenvalue weighted by Crippen LogP contribution is -2.38. The Morgan fingerprint density at radius 3 is 2.21 bits per heavy atom. The second-order valence-corrected chi connectivity index (χ2v) is 6.31. The van der Waals surface area contributed by atoms with Crippen molar-refractivity contribution in [3.63, 3.8) is 0 Å². The lowest BCUT2D eigenvalue weighted by atomic mass is 10.1. The standard InChI is InChI=1S/C18H29F3N2O5/c1-3-13(12-28-16(26)10-9-14(24)4-2)23-15(25)8-6-5-7-11-22-17(27)18(19,20)21/h13H,3-12H2,1-2H3,(H,22,27)(H,23,25). The smallest absolute Gasteiger partial charge is 0.463 e. The highest BCUT2D eigenvalue weighted by molar-refractivity contribution is 5.82. The van der Waals surface area contributed by atoms with E-state index in [1.54, 1.807) is 12.2 Å². The van der Waals surface area contributed by atoms with Gasteiger partial charge in [0, 0.05) is 25.8 Å². The van der Waals surface area contributed by atoms with Gasteiger partial charge in [-0.1, -0.05) is 20.3 Å². The van der Waals surface area contributed by atoms with Crippen molar-refractivity contribution in [3.8, 4) is 0 Å². The third-order valence-corrected chi connectivity index (χ3v) is 3.93. The number of hydrogen-bond donors (Lipinski definition) is 2.